The number of benzene rings is 2. The number of nitrogens with one attached hydrogen (secondary N) is 1. The first kappa shape index (κ1) is 25.5. The fourth-order valence-corrected chi connectivity index (χ4v) is 4.52. The molecule has 0 amide bonds. The van der Waals surface area contributed by atoms with E-state index in [1.807, 2.05) is 6.92 Å². The first-order valence-corrected chi connectivity index (χ1v) is 11.7. The van der Waals surface area contributed by atoms with E-state index in [-0.39, 0.29) is 17.6 Å². The van der Waals surface area contributed by atoms with E-state index in [1.54, 1.807) is 25.1 Å². The Labute approximate surface area is 195 Å². The van der Waals surface area contributed by atoms with Crippen molar-refractivity contribution in [3.05, 3.63) is 53.9 Å². The van der Waals surface area contributed by atoms with Crippen molar-refractivity contribution in [3.63, 3.8) is 0 Å². The third-order valence-corrected chi connectivity index (χ3v) is 6.76. The molecule has 2 atom stereocenters. The van der Waals surface area contributed by atoms with Crippen molar-refractivity contribution in [2.24, 2.45) is 5.92 Å². The van der Waals surface area contributed by atoms with Crippen LogP contribution in [0.2, 0.25) is 0 Å². The molecule has 1 aromatic heterocycles. The molecule has 184 valence electrons. The summed E-state index contributed by atoms with van der Waals surface area (Å²) < 4.78 is 83.4. The van der Waals surface area contributed by atoms with Gasteiger partial charge in [0.05, 0.1) is 24.7 Å². The highest BCUT2D eigenvalue weighted by Crippen LogP contribution is 2.34. The monoisotopic (exact) mass is 499 g/mol. The van der Waals surface area contributed by atoms with E-state index < -0.39 is 32.7 Å². The molecule has 0 fully saturated rings. The summed E-state index contributed by atoms with van der Waals surface area (Å²) in [6.07, 6.45) is -4.15. The molecule has 0 saturated heterocycles. The number of aromatic nitrogens is 2. The summed E-state index contributed by atoms with van der Waals surface area (Å²) in [7, 11) is -1.36. The maximum Gasteiger partial charge on any atom is 0.416 e. The molecular weight excluding hydrogens is 475 g/mol. The Morgan fingerprint density at radius 3 is 2.41 bits per heavy atom. The molecule has 1 N–H and O–H groups in total. The van der Waals surface area contributed by atoms with Crippen molar-refractivity contribution in [2.45, 2.75) is 37.4 Å². The Morgan fingerprint density at radius 2 is 1.79 bits per heavy atom. The van der Waals surface area contributed by atoms with E-state index in [1.165, 1.54) is 14.2 Å². The second-order valence-electron chi connectivity index (χ2n) is 7.54. The van der Waals surface area contributed by atoms with Crippen molar-refractivity contribution in [3.8, 4) is 22.9 Å². The lowest BCUT2D eigenvalue weighted by atomic mass is 10.0. The maximum atomic E-state index is 13.1. The minimum Gasteiger partial charge on any atom is -0.493 e. The molecule has 3 rings (SSSR count). The molecule has 0 aliphatic rings. The lowest BCUT2D eigenvalue weighted by Gasteiger charge is -2.21. The van der Waals surface area contributed by atoms with Crippen molar-refractivity contribution in [1.29, 1.82) is 0 Å². The van der Waals surface area contributed by atoms with E-state index in [4.69, 9.17) is 14.0 Å². The number of alkyl halides is 3. The molecule has 1 heterocycles. The van der Waals surface area contributed by atoms with E-state index in [0.717, 1.165) is 18.2 Å². The number of halogens is 3. The summed E-state index contributed by atoms with van der Waals surface area (Å²) in [5.41, 5.74) is -0.528. The highest BCUT2D eigenvalue weighted by atomic mass is 32.2. The fourth-order valence-electron chi connectivity index (χ4n) is 3.17. The lowest BCUT2D eigenvalue weighted by molar-refractivity contribution is -0.137. The number of sulfonamides is 1. The predicted molar refractivity (Wildman–Crippen MR) is 117 cm³/mol. The van der Waals surface area contributed by atoms with Gasteiger partial charge in [0.25, 0.3) is 0 Å². The molecule has 0 radical (unpaired) electrons. The van der Waals surface area contributed by atoms with E-state index in [0.29, 0.717) is 29.5 Å². The predicted octanol–water partition coefficient (Wildman–Crippen LogP) is 4.84. The Morgan fingerprint density at radius 1 is 1.09 bits per heavy atom. The van der Waals surface area contributed by atoms with Gasteiger partial charge in [0.1, 0.15) is 6.04 Å². The summed E-state index contributed by atoms with van der Waals surface area (Å²) in [5.74, 6) is 0.799. The van der Waals surface area contributed by atoms with Gasteiger partial charge in [-0.05, 0) is 42.3 Å². The Bertz CT molecular complexity index is 1240. The van der Waals surface area contributed by atoms with Gasteiger partial charge in [-0.25, -0.2) is 8.42 Å². The smallest absolute Gasteiger partial charge is 0.416 e. The molecule has 2 aromatic carbocycles. The number of nitrogens with zero attached hydrogens (tertiary/aromatic N) is 2. The highest BCUT2D eigenvalue weighted by molar-refractivity contribution is 7.89. The van der Waals surface area contributed by atoms with Gasteiger partial charge in [-0.3, -0.25) is 0 Å². The molecule has 0 aliphatic heterocycles. The summed E-state index contributed by atoms with van der Waals surface area (Å²) in [5, 5.41) is 3.94. The molecule has 8 nitrogen and oxygen atoms in total. The summed E-state index contributed by atoms with van der Waals surface area (Å²) in [6, 6.07) is 7.53. The molecule has 0 spiro atoms. The lowest BCUT2D eigenvalue weighted by Crippen LogP contribution is -2.33. The number of ether oxygens (including phenoxy) is 2. The number of rotatable bonds is 9. The zero-order valence-electron chi connectivity index (χ0n) is 18.9. The Balaban J connectivity index is 1.94. The zero-order chi connectivity index (χ0) is 25.1. The molecule has 0 bridgehead atoms. The molecule has 2 unspecified atom stereocenters. The van der Waals surface area contributed by atoms with Gasteiger partial charge in [-0.2, -0.15) is 22.9 Å². The molecular formula is C22H24F3N3O5S. The van der Waals surface area contributed by atoms with Crippen molar-refractivity contribution < 1.29 is 35.6 Å². The van der Waals surface area contributed by atoms with Crippen LogP contribution in [0.1, 0.15) is 37.8 Å². The third kappa shape index (κ3) is 5.50. The molecule has 3 aromatic rings. The normalized spacial score (nSPS) is 14.0. The summed E-state index contributed by atoms with van der Waals surface area (Å²) in [4.78, 5) is 3.82. The third-order valence-electron chi connectivity index (χ3n) is 5.32. The zero-order valence-corrected chi connectivity index (χ0v) is 19.7. The van der Waals surface area contributed by atoms with Crippen LogP contribution in [0.25, 0.3) is 11.4 Å². The average molecular weight is 500 g/mol. The standard InChI is InChI=1S/C22H24F3N3O5S/c1-5-13(2)19(28-34(29,30)16-8-6-7-15(12-16)22(23,24)25)21-26-20(27-33-21)14-9-10-17(31-3)18(11-14)32-4/h6-13,19,28H,5H2,1-4H3. The first-order valence-electron chi connectivity index (χ1n) is 10.3. The van der Waals surface area contributed by atoms with Crippen LogP contribution in [0, 0.1) is 5.92 Å². The molecule has 34 heavy (non-hydrogen) atoms. The van der Waals surface area contributed by atoms with Crippen molar-refractivity contribution in [1.82, 2.24) is 14.9 Å². The van der Waals surface area contributed by atoms with Crippen LogP contribution in [0.4, 0.5) is 13.2 Å². The van der Waals surface area contributed by atoms with Gasteiger partial charge in [0.15, 0.2) is 11.5 Å². The topological polar surface area (TPSA) is 104 Å². The highest BCUT2D eigenvalue weighted by Gasteiger charge is 2.34. The summed E-state index contributed by atoms with van der Waals surface area (Å²) in [6.45, 7) is 3.60. The second kappa shape index (κ2) is 10.0. The van der Waals surface area contributed by atoms with Crippen LogP contribution in [0.5, 0.6) is 11.5 Å². The second-order valence-corrected chi connectivity index (χ2v) is 9.25. The van der Waals surface area contributed by atoms with Crippen LogP contribution < -0.4 is 14.2 Å². The van der Waals surface area contributed by atoms with Gasteiger partial charge >= 0.3 is 6.18 Å². The largest absolute Gasteiger partial charge is 0.493 e. The van der Waals surface area contributed by atoms with Gasteiger partial charge in [0.2, 0.25) is 21.7 Å². The van der Waals surface area contributed by atoms with Crippen LogP contribution in [0.15, 0.2) is 51.9 Å². The van der Waals surface area contributed by atoms with Crippen molar-refractivity contribution >= 4 is 10.0 Å². The van der Waals surface area contributed by atoms with Gasteiger partial charge in [-0.1, -0.05) is 31.5 Å². The number of methoxy groups -OCH3 is 2. The molecule has 0 saturated carbocycles. The SMILES string of the molecule is CCC(C)C(NS(=O)(=O)c1cccc(C(F)(F)F)c1)c1nc(-c2ccc(OC)c(OC)c2)no1. The number of hydrogen-bond donors (Lipinski definition) is 1. The van der Waals surface area contributed by atoms with Gasteiger partial charge in [-0.15, -0.1) is 0 Å². The van der Waals surface area contributed by atoms with Crippen molar-refractivity contribution in [2.75, 3.05) is 14.2 Å². The maximum absolute atomic E-state index is 13.1. The summed E-state index contributed by atoms with van der Waals surface area (Å²) >= 11 is 0. The van der Waals surface area contributed by atoms with Crippen LogP contribution in [-0.4, -0.2) is 32.8 Å². The quantitative estimate of drug-likeness (QED) is 0.449. The Kier molecular flexibility index (Phi) is 7.51. The minimum atomic E-state index is -4.68. The average Bonchev–Trinajstić information content (AvgIpc) is 3.31. The van der Waals surface area contributed by atoms with Gasteiger partial charge < -0.3 is 14.0 Å². The van der Waals surface area contributed by atoms with Crippen LogP contribution in [0.3, 0.4) is 0 Å². The molecule has 0 aliphatic carbocycles. The van der Waals surface area contributed by atoms with E-state index in [2.05, 4.69) is 14.9 Å². The van der Waals surface area contributed by atoms with Crippen LogP contribution in [-0.2, 0) is 16.2 Å². The molecule has 12 heteroatoms. The van der Waals surface area contributed by atoms with Gasteiger partial charge in [0, 0.05) is 5.56 Å². The van der Waals surface area contributed by atoms with E-state index in [9.17, 15) is 21.6 Å². The minimum absolute atomic E-state index is 0.0188. The Hall–Kier alpha value is -3.12. The van der Waals surface area contributed by atoms with E-state index >= 15 is 0 Å². The number of hydrogen-bond acceptors (Lipinski definition) is 7. The first-order chi connectivity index (χ1) is 16.0. The fraction of sp³-hybridized carbons (Fsp3) is 0.364. The van der Waals surface area contributed by atoms with Crippen LogP contribution >= 0.6 is 0 Å².